The van der Waals surface area contributed by atoms with Gasteiger partial charge in [0.2, 0.25) is 11.8 Å². The Kier molecular flexibility index (Phi) is 5.43. The molecule has 2 amide bonds. The van der Waals surface area contributed by atoms with Gasteiger partial charge in [0.1, 0.15) is 0 Å². The average molecular weight is 325 g/mol. The third kappa shape index (κ3) is 4.32. The van der Waals surface area contributed by atoms with Gasteiger partial charge in [-0.1, -0.05) is 42.5 Å². The molecule has 0 bridgehead atoms. The summed E-state index contributed by atoms with van der Waals surface area (Å²) in [5.74, 6) is -0.266. The smallest absolute Gasteiger partial charge is 0.239 e. The fourth-order valence-electron chi connectivity index (χ4n) is 3.11. The summed E-state index contributed by atoms with van der Waals surface area (Å²) in [6.45, 7) is 1.84. The zero-order valence-electron chi connectivity index (χ0n) is 13.7. The Bertz CT molecular complexity index is 718. The predicted molar refractivity (Wildman–Crippen MR) is 94.7 cm³/mol. The van der Waals surface area contributed by atoms with Gasteiger partial charge >= 0.3 is 0 Å². The Labute approximate surface area is 141 Å². The van der Waals surface area contributed by atoms with Gasteiger partial charge in [0.25, 0.3) is 0 Å². The summed E-state index contributed by atoms with van der Waals surface area (Å²) >= 11 is 0. The van der Waals surface area contributed by atoms with Crippen molar-refractivity contribution < 1.29 is 9.59 Å². The predicted octanol–water partition coefficient (Wildman–Crippen LogP) is 1.37. The maximum absolute atomic E-state index is 12.1. The highest BCUT2D eigenvalue weighted by Gasteiger charge is 2.15. The zero-order valence-corrected chi connectivity index (χ0v) is 13.7. The van der Waals surface area contributed by atoms with E-state index in [1.807, 2.05) is 42.5 Å². The Morgan fingerprint density at radius 1 is 1.08 bits per heavy atom. The second-order valence-electron chi connectivity index (χ2n) is 6.20. The summed E-state index contributed by atoms with van der Waals surface area (Å²) in [4.78, 5) is 24.1. The van der Waals surface area contributed by atoms with Crippen molar-refractivity contribution in [1.29, 1.82) is 0 Å². The van der Waals surface area contributed by atoms with Crippen molar-refractivity contribution in [2.75, 3.05) is 19.6 Å². The standard InChI is InChI=1S/C19H23N3O2/c23-18(21-13-19(24)22-16-8-4-10-20-12-16)11-15-7-3-6-14-5-1-2-9-17(14)15/h1-3,5-7,9,16,20H,4,8,10-13H2,(H,21,23)(H,22,24). The van der Waals surface area contributed by atoms with Gasteiger partial charge in [-0.05, 0) is 35.7 Å². The van der Waals surface area contributed by atoms with Crippen LogP contribution in [0.1, 0.15) is 18.4 Å². The first kappa shape index (κ1) is 16.5. The molecule has 1 fully saturated rings. The Morgan fingerprint density at radius 2 is 1.92 bits per heavy atom. The molecule has 1 saturated heterocycles. The van der Waals surface area contributed by atoms with Crippen molar-refractivity contribution >= 4 is 22.6 Å². The highest BCUT2D eigenvalue weighted by atomic mass is 16.2. The number of piperidine rings is 1. The molecule has 24 heavy (non-hydrogen) atoms. The van der Waals surface area contributed by atoms with E-state index in [1.165, 1.54) is 0 Å². The minimum absolute atomic E-state index is 0.0279. The van der Waals surface area contributed by atoms with E-state index in [-0.39, 0.29) is 30.8 Å². The van der Waals surface area contributed by atoms with Crippen LogP contribution in [0.3, 0.4) is 0 Å². The van der Waals surface area contributed by atoms with Crippen LogP contribution in [-0.4, -0.2) is 37.5 Å². The van der Waals surface area contributed by atoms with Crippen molar-refractivity contribution in [3.8, 4) is 0 Å². The number of fused-ring (bicyclic) bond motifs is 1. The van der Waals surface area contributed by atoms with Gasteiger partial charge in [-0.15, -0.1) is 0 Å². The van der Waals surface area contributed by atoms with Crippen molar-refractivity contribution in [2.45, 2.75) is 25.3 Å². The van der Waals surface area contributed by atoms with Gasteiger partial charge in [-0.25, -0.2) is 0 Å². The van der Waals surface area contributed by atoms with Gasteiger partial charge in [0, 0.05) is 12.6 Å². The second-order valence-corrected chi connectivity index (χ2v) is 6.20. The van der Waals surface area contributed by atoms with Crippen LogP contribution in [0, 0.1) is 0 Å². The third-order valence-electron chi connectivity index (χ3n) is 4.34. The summed E-state index contributed by atoms with van der Waals surface area (Å²) in [6.07, 6.45) is 2.33. The number of rotatable bonds is 5. The van der Waals surface area contributed by atoms with Gasteiger partial charge in [-0.3, -0.25) is 9.59 Å². The summed E-state index contributed by atoms with van der Waals surface area (Å²) in [5.41, 5.74) is 0.975. The largest absolute Gasteiger partial charge is 0.351 e. The molecule has 3 N–H and O–H groups in total. The van der Waals surface area contributed by atoms with Crippen LogP contribution in [-0.2, 0) is 16.0 Å². The van der Waals surface area contributed by atoms with Gasteiger partial charge < -0.3 is 16.0 Å². The molecule has 126 valence electrons. The van der Waals surface area contributed by atoms with Crippen LogP contribution in [0.4, 0.5) is 0 Å². The lowest BCUT2D eigenvalue weighted by Crippen LogP contribution is -2.48. The molecule has 2 aromatic carbocycles. The van der Waals surface area contributed by atoms with Crippen molar-refractivity contribution in [1.82, 2.24) is 16.0 Å². The molecule has 5 heteroatoms. The molecule has 0 spiro atoms. The molecule has 0 aliphatic carbocycles. The quantitative estimate of drug-likeness (QED) is 0.777. The number of hydrogen-bond donors (Lipinski definition) is 3. The number of benzene rings is 2. The number of hydrogen-bond acceptors (Lipinski definition) is 3. The molecule has 0 aromatic heterocycles. The van der Waals surface area contributed by atoms with Gasteiger partial charge in [0.05, 0.1) is 13.0 Å². The summed E-state index contributed by atoms with van der Waals surface area (Å²) in [6, 6.07) is 14.1. The normalized spacial score (nSPS) is 17.4. The van der Waals surface area contributed by atoms with E-state index in [1.54, 1.807) is 0 Å². The van der Waals surface area contributed by atoms with Crippen LogP contribution < -0.4 is 16.0 Å². The first-order valence-corrected chi connectivity index (χ1v) is 8.46. The SMILES string of the molecule is O=C(Cc1cccc2ccccc12)NCC(=O)NC1CCCNC1. The minimum Gasteiger partial charge on any atom is -0.351 e. The van der Waals surface area contributed by atoms with E-state index in [9.17, 15) is 9.59 Å². The molecule has 3 rings (SSSR count). The Morgan fingerprint density at radius 3 is 2.75 bits per heavy atom. The number of carbonyl (C=O) groups is 2. The van der Waals surface area contributed by atoms with Gasteiger partial charge in [0.15, 0.2) is 0 Å². The van der Waals surface area contributed by atoms with Crippen molar-refractivity contribution in [3.05, 3.63) is 48.0 Å². The summed E-state index contributed by atoms with van der Waals surface area (Å²) in [7, 11) is 0. The van der Waals surface area contributed by atoms with Gasteiger partial charge in [-0.2, -0.15) is 0 Å². The van der Waals surface area contributed by atoms with Crippen LogP contribution in [0.5, 0.6) is 0 Å². The average Bonchev–Trinajstić information content (AvgIpc) is 2.61. The molecule has 1 heterocycles. The van der Waals surface area contributed by atoms with E-state index in [4.69, 9.17) is 0 Å². The molecule has 1 atom stereocenters. The molecular formula is C19H23N3O2. The van der Waals surface area contributed by atoms with E-state index in [2.05, 4.69) is 16.0 Å². The van der Waals surface area contributed by atoms with E-state index >= 15 is 0 Å². The minimum atomic E-state index is -0.136. The number of nitrogens with one attached hydrogen (secondary N) is 3. The molecule has 2 aromatic rings. The maximum atomic E-state index is 12.1. The van der Waals surface area contributed by atoms with E-state index in [0.717, 1.165) is 42.3 Å². The Hall–Kier alpha value is -2.40. The fraction of sp³-hybridized carbons (Fsp3) is 0.368. The van der Waals surface area contributed by atoms with Crippen molar-refractivity contribution in [2.24, 2.45) is 0 Å². The highest BCUT2D eigenvalue weighted by molar-refractivity contribution is 5.91. The number of carbonyl (C=O) groups excluding carboxylic acids is 2. The first-order chi connectivity index (χ1) is 11.7. The molecular weight excluding hydrogens is 302 g/mol. The maximum Gasteiger partial charge on any atom is 0.239 e. The molecule has 1 aliphatic heterocycles. The van der Waals surface area contributed by atoms with Crippen molar-refractivity contribution in [3.63, 3.8) is 0 Å². The molecule has 5 nitrogen and oxygen atoms in total. The highest BCUT2D eigenvalue weighted by Crippen LogP contribution is 2.18. The lowest BCUT2D eigenvalue weighted by Gasteiger charge is -2.23. The van der Waals surface area contributed by atoms with E-state index in [0.29, 0.717) is 0 Å². The second kappa shape index (κ2) is 7.93. The lowest BCUT2D eigenvalue weighted by atomic mass is 10.0. The van der Waals surface area contributed by atoms with Crippen LogP contribution in [0.2, 0.25) is 0 Å². The molecule has 0 radical (unpaired) electrons. The third-order valence-corrected chi connectivity index (χ3v) is 4.34. The van der Waals surface area contributed by atoms with Crippen LogP contribution in [0.25, 0.3) is 10.8 Å². The summed E-state index contributed by atoms with van der Waals surface area (Å²) < 4.78 is 0. The van der Waals surface area contributed by atoms with Crippen LogP contribution in [0.15, 0.2) is 42.5 Å². The van der Waals surface area contributed by atoms with E-state index < -0.39 is 0 Å². The Balaban J connectivity index is 1.51. The zero-order chi connectivity index (χ0) is 16.8. The first-order valence-electron chi connectivity index (χ1n) is 8.46. The molecule has 1 aliphatic rings. The molecule has 0 saturated carbocycles. The van der Waals surface area contributed by atoms with Crippen LogP contribution >= 0.6 is 0 Å². The summed E-state index contributed by atoms with van der Waals surface area (Å²) in [5, 5.41) is 11.1. The lowest BCUT2D eigenvalue weighted by molar-refractivity contribution is -0.126. The monoisotopic (exact) mass is 325 g/mol. The fourth-order valence-corrected chi connectivity index (χ4v) is 3.11. The molecule has 1 unspecified atom stereocenters. The number of amides is 2. The topological polar surface area (TPSA) is 70.2 Å².